The molecule has 0 fully saturated rings. The lowest BCUT2D eigenvalue weighted by Crippen LogP contribution is -2.09. The summed E-state index contributed by atoms with van der Waals surface area (Å²) >= 11 is 1.11. The molecule has 3 N–H and O–H groups in total. The SMILES string of the molecule is CC(=O)c1sc(C(C)CN)nc1C(=O)O. The highest BCUT2D eigenvalue weighted by atomic mass is 32.1. The van der Waals surface area contributed by atoms with E-state index in [9.17, 15) is 9.59 Å². The van der Waals surface area contributed by atoms with Crippen molar-refractivity contribution in [1.82, 2.24) is 4.98 Å². The quantitative estimate of drug-likeness (QED) is 0.753. The fourth-order valence-corrected chi connectivity index (χ4v) is 2.05. The summed E-state index contributed by atoms with van der Waals surface area (Å²) in [6.07, 6.45) is 0. The van der Waals surface area contributed by atoms with Crippen LogP contribution in [0.1, 0.15) is 44.9 Å². The average Bonchev–Trinajstić information content (AvgIpc) is 2.61. The predicted octanol–water partition coefficient (Wildman–Crippen LogP) is 1.11. The Morgan fingerprint density at radius 3 is 2.53 bits per heavy atom. The van der Waals surface area contributed by atoms with E-state index in [1.165, 1.54) is 6.92 Å². The molecule has 0 amide bonds. The number of nitrogens with zero attached hydrogens (tertiary/aromatic N) is 1. The number of rotatable bonds is 4. The minimum absolute atomic E-state index is 0.0267. The molecular weight excluding hydrogens is 216 g/mol. The standard InChI is InChI=1S/C9H12N2O3S/c1-4(3-10)8-11-6(9(13)14)7(15-8)5(2)12/h4H,3,10H2,1-2H3,(H,13,14). The number of ketones is 1. The maximum absolute atomic E-state index is 11.2. The molecule has 1 aromatic heterocycles. The lowest BCUT2D eigenvalue weighted by molar-refractivity contribution is 0.0686. The van der Waals surface area contributed by atoms with Crippen molar-refractivity contribution in [2.24, 2.45) is 5.73 Å². The molecule has 15 heavy (non-hydrogen) atoms. The molecule has 82 valence electrons. The zero-order chi connectivity index (χ0) is 11.6. The molecule has 0 aliphatic rings. The van der Waals surface area contributed by atoms with Crippen LogP contribution in [-0.2, 0) is 0 Å². The van der Waals surface area contributed by atoms with Crippen LogP contribution in [0.15, 0.2) is 0 Å². The number of nitrogens with two attached hydrogens (primary N) is 1. The van der Waals surface area contributed by atoms with Crippen molar-refractivity contribution in [2.75, 3.05) is 6.54 Å². The Labute approximate surface area is 90.9 Å². The average molecular weight is 228 g/mol. The minimum Gasteiger partial charge on any atom is -0.476 e. The second-order valence-corrected chi connectivity index (χ2v) is 4.26. The molecule has 0 aromatic carbocycles. The fourth-order valence-electron chi connectivity index (χ4n) is 1.03. The maximum atomic E-state index is 11.2. The summed E-state index contributed by atoms with van der Waals surface area (Å²) in [6, 6.07) is 0. The van der Waals surface area contributed by atoms with Gasteiger partial charge in [-0.25, -0.2) is 9.78 Å². The molecule has 0 bridgehead atoms. The molecule has 0 radical (unpaired) electrons. The Bertz CT molecular complexity index is 369. The van der Waals surface area contributed by atoms with Crippen molar-refractivity contribution in [1.29, 1.82) is 0 Å². The van der Waals surface area contributed by atoms with E-state index < -0.39 is 5.97 Å². The molecule has 1 heterocycles. The van der Waals surface area contributed by atoms with E-state index in [1.54, 1.807) is 0 Å². The summed E-state index contributed by atoms with van der Waals surface area (Å²) in [5.41, 5.74) is 5.29. The first kappa shape index (κ1) is 11.8. The van der Waals surface area contributed by atoms with Gasteiger partial charge in [0.1, 0.15) is 4.88 Å². The number of aromatic carboxylic acids is 1. The van der Waals surface area contributed by atoms with E-state index in [0.717, 1.165) is 11.3 Å². The van der Waals surface area contributed by atoms with Gasteiger partial charge < -0.3 is 10.8 Å². The smallest absolute Gasteiger partial charge is 0.356 e. The Balaban J connectivity index is 3.21. The Hall–Kier alpha value is -1.27. The van der Waals surface area contributed by atoms with E-state index in [2.05, 4.69) is 4.98 Å². The zero-order valence-corrected chi connectivity index (χ0v) is 9.30. The van der Waals surface area contributed by atoms with Gasteiger partial charge in [0.25, 0.3) is 0 Å². The van der Waals surface area contributed by atoms with E-state index in [-0.39, 0.29) is 22.3 Å². The van der Waals surface area contributed by atoms with Crippen LogP contribution in [0.5, 0.6) is 0 Å². The number of carbonyl (C=O) groups excluding carboxylic acids is 1. The molecule has 1 atom stereocenters. The summed E-state index contributed by atoms with van der Waals surface area (Å²) in [5.74, 6) is -1.48. The van der Waals surface area contributed by atoms with Gasteiger partial charge in [-0.2, -0.15) is 0 Å². The van der Waals surface area contributed by atoms with Crippen molar-refractivity contribution < 1.29 is 14.7 Å². The molecule has 0 aliphatic heterocycles. The molecule has 6 heteroatoms. The number of carboxylic acid groups (broad SMARTS) is 1. The molecular formula is C9H12N2O3S. The van der Waals surface area contributed by atoms with Crippen LogP contribution >= 0.6 is 11.3 Å². The highest BCUT2D eigenvalue weighted by molar-refractivity contribution is 7.14. The first-order valence-electron chi connectivity index (χ1n) is 4.42. The van der Waals surface area contributed by atoms with Gasteiger partial charge in [0.15, 0.2) is 11.5 Å². The van der Waals surface area contributed by atoms with Gasteiger partial charge in [-0.15, -0.1) is 11.3 Å². The van der Waals surface area contributed by atoms with Crippen LogP contribution in [-0.4, -0.2) is 28.4 Å². The summed E-state index contributed by atoms with van der Waals surface area (Å²) in [5, 5.41) is 9.44. The predicted molar refractivity (Wildman–Crippen MR) is 56.5 cm³/mol. The summed E-state index contributed by atoms with van der Waals surface area (Å²) in [7, 11) is 0. The molecule has 1 rings (SSSR count). The van der Waals surface area contributed by atoms with Crippen molar-refractivity contribution in [3.63, 3.8) is 0 Å². The molecule has 5 nitrogen and oxygen atoms in total. The third-order valence-corrected chi connectivity index (χ3v) is 3.33. The molecule has 1 aromatic rings. The fraction of sp³-hybridized carbons (Fsp3) is 0.444. The third kappa shape index (κ3) is 2.40. The van der Waals surface area contributed by atoms with Gasteiger partial charge in [0, 0.05) is 19.4 Å². The van der Waals surface area contributed by atoms with Crippen molar-refractivity contribution in [3.8, 4) is 0 Å². The van der Waals surface area contributed by atoms with Gasteiger partial charge in [0.05, 0.1) is 5.01 Å². The van der Waals surface area contributed by atoms with Crippen molar-refractivity contribution in [2.45, 2.75) is 19.8 Å². The Morgan fingerprint density at radius 1 is 1.60 bits per heavy atom. The first-order chi connectivity index (χ1) is 6.97. The molecule has 0 saturated carbocycles. The van der Waals surface area contributed by atoms with E-state index >= 15 is 0 Å². The van der Waals surface area contributed by atoms with Crippen LogP contribution in [0.3, 0.4) is 0 Å². The normalized spacial score (nSPS) is 12.5. The van der Waals surface area contributed by atoms with Crippen LogP contribution in [0.25, 0.3) is 0 Å². The third-order valence-electron chi connectivity index (χ3n) is 1.94. The Morgan fingerprint density at radius 2 is 2.20 bits per heavy atom. The highest BCUT2D eigenvalue weighted by Gasteiger charge is 2.22. The lowest BCUT2D eigenvalue weighted by atomic mass is 10.2. The van der Waals surface area contributed by atoms with Gasteiger partial charge in [-0.3, -0.25) is 4.79 Å². The number of aromatic nitrogens is 1. The van der Waals surface area contributed by atoms with E-state index in [0.29, 0.717) is 11.6 Å². The number of Topliss-reactive ketones (excluding diaryl/α,β-unsaturated/α-hetero) is 1. The summed E-state index contributed by atoms with van der Waals surface area (Å²) in [6.45, 7) is 3.55. The van der Waals surface area contributed by atoms with Crippen LogP contribution in [0.2, 0.25) is 0 Å². The van der Waals surface area contributed by atoms with Crippen LogP contribution in [0.4, 0.5) is 0 Å². The van der Waals surface area contributed by atoms with Crippen molar-refractivity contribution in [3.05, 3.63) is 15.6 Å². The number of thiazole rings is 1. The lowest BCUT2D eigenvalue weighted by Gasteiger charge is -2.01. The van der Waals surface area contributed by atoms with Crippen LogP contribution in [0, 0.1) is 0 Å². The molecule has 1 unspecified atom stereocenters. The highest BCUT2D eigenvalue weighted by Crippen LogP contribution is 2.25. The minimum atomic E-state index is -1.17. The second kappa shape index (κ2) is 4.50. The number of carbonyl (C=O) groups is 2. The van der Waals surface area contributed by atoms with Crippen molar-refractivity contribution >= 4 is 23.1 Å². The van der Waals surface area contributed by atoms with Gasteiger partial charge in [-0.05, 0) is 0 Å². The van der Waals surface area contributed by atoms with Gasteiger partial charge in [-0.1, -0.05) is 6.92 Å². The van der Waals surface area contributed by atoms with Gasteiger partial charge in [0.2, 0.25) is 0 Å². The zero-order valence-electron chi connectivity index (χ0n) is 8.48. The first-order valence-corrected chi connectivity index (χ1v) is 5.24. The maximum Gasteiger partial charge on any atom is 0.356 e. The second-order valence-electron chi connectivity index (χ2n) is 3.23. The van der Waals surface area contributed by atoms with E-state index in [1.807, 2.05) is 6.92 Å². The van der Waals surface area contributed by atoms with Gasteiger partial charge >= 0.3 is 5.97 Å². The topological polar surface area (TPSA) is 93.3 Å². The molecule has 0 aliphatic carbocycles. The number of carboxylic acids is 1. The monoisotopic (exact) mass is 228 g/mol. The molecule has 0 spiro atoms. The summed E-state index contributed by atoms with van der Waals surface area (Å²) < 4.78 is 0. The molecule has 0 saturated heterocycles. The Kier molecular flexibility index (Phi) is 3.54. The number of hydrogen-bond donors (Lipinski definition) is 2. The number of hydrogen-bond acceptors (Lipinski definition) is 5. The van der Waals surface area contributed by atoms with E-state index in [4.69, 9.17) is 10.8 Å². The van der Waals surface area contributed by atoms with Crippen LogP contribution < -0.4 is 5.73 Å². The summed E-state index contributed by atoms with van der Waals surface area (Å²) in [4.78, 5) is 26.1. The largest absolute Gasteiger partial charge is 0.476 e.